The van der Waals surface area contributed by atoms with E-state index in [2.05, 4.69) is 12.1 Å². The largest absolute Gasteiger partial charge is 0.228 e. The molecular formula is C15H20ClNS. The lowest BCUT2D eigenvalue weighted by Gasteiger charge is -2.37. The van der Waals surface area contributed by atoms with Gasteiger partial charge in [-0.2, -0.15) is 0 Å². The maximum atomic E-state index is 5.93. The summed E-state index contributed by atoms with van der Waals surface area (Å²) in [5.41, 5.74) is 1.12. The minimum atomic E-state index is 0.263. The van der Waals surface area contributed by atoms with E-state index in [4.69, 9.17) is 16.0 Å². The summed E-state index contributed by atoms with van der Waals surface area (Å²) in [4.78, 5) is 0. The predicted octanol–water partition coefficient (Wildman–Crippen LogP) is 5.13. The van der Waals surface area contributed by atoms with Crippen LogP contribution in [0.3, 0.4) is 0 Å². The summed E-state index contributed by atoms with van der Waals surface area (Å²) in [7, 11) is 0.263. The van der Waals surface area contributed by atoms with Crippen LogP contribution in [0, 0.1) is 5.92 Å². The maximum Gasteiger partial charge on any atom is 0.0704 e. The third-order valence-corrected chi connectivity index (χ3v) is 6.89. The molecule has 1 aromatic carbocycles. The van der Waals surface area contributed by atoms with Gasteiger partial charge in [-0.25, -0.2) is 4.36 Å². The monoisotopic (exact) mass is 281 g/mol. The molecule has 1 aromatic rings. The molecule has 2 fully saturated rings. The first-order valence-corrected chi connectivity index (χ1v) is 8.79. The molecule has 98 valence electrons. The summed E-state index contributed by atoms with van der Waals surface area (Å²) >= 11 is 5.93. The Kier molecular flexibility index (Phi) is 4.05. The fourth-order valence-corrected chi connectivity index (χ4v) is 5.92. The van der Waals surface area contributed by atoms with Crippen molar-refractivity contribution in [2.45, 2.75) is 43.8 Å². The number of hydrogen-bond acceptors (Lipinski definition) is 1. The van der Waals surface area contributed by atoms with Crippen LogP contribution in [-0.2, 0) is 10.7 Å². The van der Waals surface area contributed by atoms with Crippen LogP contribution in [0.1, 0.15) is 38.5 Å². The van der Waals surface area contributed by atoms with Crippen LogP contribution in [0.25, 0.3) is 0 Å². The summed E-state index contributed by atoms with van der Waals surface area (Å²) in [6.07, 6.45) is 8.54. The lowest BCUT2D eigenvalue weighted by Crippen LogP contribution is -2.34. The van der Waals surface area contributed by atoms with Crippen LogP contribution in [0.5, 0.6) is 0 Å². The van der Waals surface area contributed by atoms with Crippen molar-refractivity contribution in [2.24, 2.45) is 10.3 Å². The van der Waals surface area contributed by atoms with Crippen LogP contribution < -0.4 is 0 Å². The number of hydrogen-bond donors (Lipinski definition) is 0. The Morgan fingerprint density at radius 1 is 1.00 bits per heavy atom. The minimum absolute atomic E-state index is 0.263. The number of rotatable bonds is 1. The number of nitrogens with zero attached hydrogens (tertiary/aromatic N) is 1. The first kappa shape index (κ1) is 12.7. The molecule has 3 rings (SSSR count). The zero-order valence-corrected chi connectivity index (χ0v) is 12.2. The zero-order chi connectivity index (χ0) is 12.4. The smallest absolute Gasteiger partial charge is 0.0704 e. The SMILES string of the molecule is Clc1ccc(N=S2CCC[C@H]3CCCC[C@H]32)cc1. The molecule has 0 amide bonds. The topological polar surface area (TPSA) is 12.4 Å². The lowest BCUT2D eigenvalue weighted by atomic mass is 9.85. The van der Waals surface area contributed by atoms with E-state index in [0.717, 1.165) is 21.9 Å². The molecular weight excluding hydrogens is 262 g/mol. The van der Waals surface area contributed by atoms with E-state index < -0.39 is 0 Å². The molecule has 1 heterocycles. The molecule has 3 heteroatoms. The highest BCUT2D eigenvalue weighted by atomic mass is 35.5. The fourth-order valence-electron chi connectivity index (χ4n) is 3.26. The van der Waals surface area contributed by atoms with Gasteiger partial charge >= 0.3 is 0 Å². The van der Waals surface area contributed by atoms with Crippen molar-refractivity contribution in [1.29, 1.82) is 0 Å². The molecule has 0 radical (unpaired) electrons. The molecule has 0 aromatic heterocycles. The maximum absolute atomic E-state index is 5.93. The molecule has 1 saturated heterocycles. The first-order valence-electron chi connectivity index (χ1n) is 7.00. The molecule has 1 unspecified atom stereocenters. The molecule has 1 aliphatic heterocycles. The van der Waals surface area contributed by atoms with Gasteiger partial charge < -0.3 is 0 Å². The van der Waals surface area contributed by atoms with E-state index in [1.54, 1.807) is 0 Å². The Morgan fingerprint density at radius 3 is 2.56 bits per heavy atom. The van der Waals surface area contributed by atoms with E-state index in [1.165, 1.54) is 44.3 Å². The van der Waals surface area contributed by atoms with Crippen molar-refractivity contribution < 1.29 is 0 Å². The molecule has 1 nitrogen and oxygen atoms in total. The first-order chi connectivity index (χ1) is 8.83. The van der Waals surface area contributed by atoms with Crippen molar-refractivity contribution in [2.75, 3.05) is 5.75 Å². The van der Waals surface area contributed by atoms with Crippen LogP contribution >= 0.6 is 11.6 Å². The Morgan fingerprint density at radius 2 is 1.72 bits per heavy atom. The minimum Gasteiger partial charge on any atom is -0.228 e. The van der Waals surface area contributed by atoms with Crippen molar-refractivity contribution in [3.63, 3.8) is 0 Å². The zero-order valence-electron chi connectivity index (χ0n) is 10.6. The van der Waals surface area contributed by atoms with Crippen LogP contribution in [0.4, 0.5) is 5.69 Å². The summed E-state index contributed by atoms with van der Waals surface area (Å²) < 4.78 is 5.01. The second-order valence-electron chi connectivity index (χ2n) is 5.40. The predicted molar refractivity (Wildman–Crippen MR) is 80.8 cm³/mol. The van der Waals surface area contributed by atoms with Gasteiger partial charge in [0.15, 0.2) is 0 Å². The van der Waals surface area contributed by atoms with Gasteiger partial charge in [0, 0.05) is 16.0 Å². The van der Waals surface area contributed by atoms with Crippen LogP contribution in [-0.4, -0.2) is 11.0 Å². The Balaban J connectivity index is 1.83. The quantitative estimate of drug-likeness (QED) is 0.677. The second kappa shape index (κ2) is 5.75. The molecule has 1 saturated carbocycles. The summed E-state index contributed by atoms with van der Waals surface area (Å²) in [5.74, 6) is 2.27. The Bertz CT molecular complexity index is 438. The Labute approximate surface area is 117 Å². The van der Waals surface area contributed by atoms with E-state index in [1.807, 2.05) is 12.1 Å². The molecule has 0 bridgehead atoms. The average Bonchev–Trinajstić information content (AvgIpc) is 2.42. The highest BCUT2D eigenvalue weighted by Gasteiger charge is 2.31. The van der Waals surface area contributed by atoms with Gasteiger partial charge in [0.2, 0.25) is 0 Å². The third-order valence-electron chi connectivity index (χ3n) is 4.17. The van der Waals surface area contributed by atoms with E-state index in [0.29, 0.717) is 0 Å². The summed E-state index contributed by atoms with van der Waals surface area (Å²) in [6, 6.07) is 8.02. The highest BCUT2D eigenvalue weighted by molar-refractivity contribution is 7.88. The van der Waals surface area contributed by atoms with Gasteiger partial charge in [-0.05, 0) is 55.9 Å². The number of benzene rings is 1. The van der Waals surface area contributed by atoms with Crippen molar-refractivity contribution >= 4 is 28.0 Å². The normalized spacial score (nSPS) is 32.2. The van der Waals surface area contributed by atoms with Gasteiger partial charge in [-0.15, -0.1) is 0 Å². The molecule has 0 spiro atoms. The molecule has 3 atom stereocenters. The molecule has 0 N–H and O–H groups in total. The van der Waals surface area contributed by atoms with Gasteiger partial charge in [-0.1, -0.05) is 35.1 Å². The average molecular weight is 282 g/mol. The van der Waals surface area contributed by atoms with Gasteiger partial charge in [0.25, 0.3) is 0 Å². The fraction of sp³-hybridized carbons (Fsp3) is 0.600. The van der Waals surface area contributed by atoms with Crippen LogP contribution in [0.15, 0.2) is 28.6 Å². The number of halogens is 1. The molecule has 2 aliphatic rings. The van der Waals surface area contributed by atoms with Gasteiger partial charge in [0.05, 0.1) is 5.69 Å². The van der Waals surface area contributed by atoms with E-state index >= 15 is 0 Å². The molecule has 18 heavy (non-hydrogen) atoms. The van der Waals surface area contributed by atoms with E-state index in [9.17, 15) is 0 Å². The number of fused-ring (bicyclic) bond motifs is 1. The van der Waals surface area contributed by atoms with Crippen molar-refractivity contribution in [1.82, 2.24) is 0 Å². The van der Waals surface area contributed by atoms with Gasteiger partial charge in [0.1, 0.15) is 0 Å². The van der Waals surface area contributed by atoms with Crippen molar-refractivity contribution in [3.8, 4) is 0 Å². The standard InChI is InChI=1S/C15H20ClNS/c16-13-7-9-14(10-8-13)17-18-11-3-5-12-4-1-2-6-15(12)18/h7-10,12,15H,1-6,11H2/t12-,15-,18?/m1/s1. The Hall–Kier alpha value is -0.340. The summed E-state index contributed by atoms with van der Waals surface area (Å²) in [6.45, 7) is 0. The highest BCUT2D eigenvalue weighted by Crippen LogP contribution is 2.37. The van der Waals surface area contributed by atoms with E-state index in [-0.39, 0.29) is 10.7 Å². The van der Waals surface area contributed by atoms with Gasteiger partial charge in [-0.3, -0.25) is 0 Å². The molecule has 1 aliphatic carbocycles. The lowest BCUT2D eigenvalue weighted by molar-refractivity contribution is 0.337. The second-order valence-corrected chi connectivity index (χ2v) is 7.83. The van der Waals surface area contributed by atoms with Crippen molar-refractivity contribution in [3.05, 3.63) is 29.3 Å². The summed E-state index contributed by atoms with van der Waals surface area (Å²) in [5, 5.41) is 1.68. The van der Waals surface area contributed by atoms with Crippen LogP contribution in [0.2, 0.25) is 5.02 Å². The third kappa shape index (κ3) is 2.80.